The quantitative estimate of drug-likeness (QED) is 0.625. The number of carbonyl (C=O) groups is 2. The zero-order chi connectivity index (χ0) is 13.0. The van der Waals surface area contributed by atoms with Crippen molar-refractivity contribution < 1.29 is 19.8 Å². The monoisotopic (exact) mass is 244 g/mol. The van der Waals surface area contributed by atoms with Crippen molar-refractivity contribution in [1.82, 2.24) is 10.2 Å². The summed E-state index contributed by atoms with van der Waals surface area (Å²) in [5, 5.41) is 19.9. The normalized spacial score (nSPS) is 16.7. The van der Waals surface area contributed by atoms with Crippen molar-refractivity contribution in [2.24, 2.45) is 5.92 Å². The average molecular weight is 244 g/mol. The summed E-state index contributed by atoms with van der Waals surface area (Å²) in [4.78, 5) is 24.2. The van der Waals surface area contributed by atoms with E-state index in [1.54, 1.807) is 4.90 Å². The van der Waals surface area contributed by atoms with Crippen molar-refractivity contribution in [2.45, 2.75) is 38.8 Å². The van der Waals surface area contributed by atoms with Crippen LogP contribution in [-0.2, 0) is 4.79 Å². The van der Waals surface area contributed by atoms with Crippen LogP contribution in [0, 0.1) is 5.92 Å². The number of urea groups is 1. The number of carbonyl (C=O) groups excluding carboxylic acids is 1. The minimum atomic E-state index is -1.23. The van der Waals surface area contributed by atoms with Gasteiger partial charge in [-0.1, -0.05) is 13.8 Å². The van der Waals surface area contributed by atoms with Crippen LogP contribution in [0.2, 0.25) is 0 Å². The SMILES string of the molecule is CC(C)CN(C(=O)N[C@@H](CO)C(=O)O)C1CC1. The third-order valence-electron chi connectivity index (χ3n) is 2.59. The van der Waals surface area contributed by atoms with E-state index < -0.39 is 24.6 Å². The highest BCUT2D eigenvalue weighted by Gasteiger charge is 2.34. The lowest BCUT2D eigenvalue weighted by atomic mass is 10.2. The molecule has 0 unspecified atom stereocenters. The van der Waals surface area contributed by atoms with Gasteiger partial charge in [0.25, 0.3) is 0 Å². The Morgan fingerprint density at radius 2 is 2.00 bits per heavy atom. The standard InChI is InChI=1S/C11H20N2O4/c1-7(2)5-13(8-3-4-8)11(17)12-9(6-14)10(15)16/h7-9,14H,3-6H2,1-2H3,(H,12,17)(H,15,16)/t9-/m0/s1. The van der Waals surface area contributed by atoms with Crippen LogP contribution in [-0.4, -0.2) is 52.3 Å². The van der Waals surface area contributed by atoms with E-state index in [0.717, 1.165) is 12.8 Å². The molecule has 0 saturated heterocycles. The Morgan fingerprint density at radius 1 is 1.41 bits per heavy atom. The molecule has 17 heavy (non-hydrogen) atoms. The third-order valence-corrected chi connectivity index (χ3v) is 2.59. The van der Waals surface area contributed by atoms with Gasteiger partial charge in [0, 0.05) is 12.6 Å². The van der Waals surface area contributed by atoms with E-state index in [-0.39, 0.29) is 6.04 Å². The maximum Gasteiger partial charge on any atom is 0.328 e. The Morgan fingerprint density at radius 3 is 2.35 bits per heavy atom. The minimum absolute atomic E-state index is 0.227. The largest absolute Gasteiger partial charge is 0.480 e. The summed E-state index contributed by atoms with van der Waals surface area (Å²) in [5.74, 6) is -0.889. The Bertz CT molecular complexity index is 289. The van der Waals surface area contributed by atoms with Gasteiger partial charge in [0.05, 0.1) is 6.61 Å². The van der Waals surface area contributed by atoms with E-state index in [1.165, 1.54) is 0 Å². The molecule has 1 aliphatic rings. The summed E-state index contributed by atoms with van der Waals surface area (Å²) in [6, 6.07) is -1.40. The molecule has 1 aliphatic carbocycles. The second kappa shape index (κ2) is 5.86. The van der Waals surface area contributed by atoms with Gasteiger partial charge in [0.1, 0.15) is 0 Å². The molecule has 0 radical (unpaired) electrons. The molecule has 3 N–H and O–H groups in total. The molecule has 6 heteroatoms. The molecule has 6 nitrogen and oxygen atoms in total. The fraction of sp³-hybridized carbons (Fsp3) is 0.818. The van der Waals surface area contributed by atoms with Crippen LogP contribution in [0.4, 0.5) is 4.79 Å². The molecule has 0 aromatic heterocycles. The zero-order valence-electron chi connectivity index (χ0n) is 10.2. The summed E-state index contributed by atoms with van der Waals surface area (Å²) < 4.78 is 0. The van der Waals surface area contributed by atoms with Crippen molar-refractivity contribution in [2.75, 3.05) is 13.2 Å². The van der Waals surface area contributed by atoms with Gasteiger partial charge >= 0.3 is 12.0 Å². The van der Waals surface area contributed by atoms with Gasteiger partial charge in [-0.3, -0.25) is 0 Å². The summed E-state index contributed by atoms with van der Waals surface area (Å²) in [6.07, 6.45) is 1.94. The van der Waals surface area contributed by atoms with Crippen molar-refractivity contribution in [1.29, 1.82) is 0 Å². The summed E-state index contributed by atoms with van der Waals surface area (Å²) in [5.41, 5.74) is 0. The second-order valence-corrected chi connectivity index (χ2v) is 4.80. The van der Waals surface area contributed by atoms with Crippen molar-refractivity contribution in [3.63, 3.8) is 0 Å². The molecule has 0 bridgehead atoms. The van der Waals surface area contributed by atoms with Crippen LogP contribution in [0.25, 0.3) is 0 Å². The first-order valence-corrected chi connectivity index (χ1v) is 5.86. The first-order valence-electron chi connectivity index (χ1n) is 5.86. The molecular formula is C11H20N2O4. The number of hydrogen-bond acceptors (Lipinski definition) is 3. The molecule has 0 aliphatic heterocycles. The molecule has 2 amide bonds. The maximum absolute atomic E-state index is 11.9. The van der Waals surface area contributed by atoms with Crippen molar-refractivity contribution >= 4 is 12.0 Å². The molecule has 0 aromatic rings. The van der Waals surface area contributed by atoms with Gasteiger partial charge in [0.2, 0.25) is 0 Å². The lowest BCUT2D eigenvalue weighted by molar-refractivity contribution is -0.140. The van der Waals surface area contributed by atoms with Gasteiger partial charge in [-0.15, -0.1) is 0 Å². The van der Waals surface area contributed by atoms with Gasteiger partial charge in [-0.2, -0.15) is 0 Å². The Hall–Kier alpha value is -1.30. The maximum atomic E-state index is 11.9. The number of nitrogens with one attached hydrogen (secondary N) is 1. The van der Waals surface area contributed by atoms with Crippen LogP contribution in [0.1, 0.15) is 26.7 Å². The number of aliphatic hydroxyl groups excluding tert-OH is 1. The number of carboxylic acids is 1. The lowest BCUT2D eigenvalue weighted by Gasteiger charge is -2.26. The van der Waals surface area contributed by atoms with E-state index in [0.29, 0.717) is 12.5 Å². The summed E-state index contributed by atoms with van der Waals surface area (Å²) in [6.45, 7) is 4.02. The van der Waals surface area contributed by atoms with E-state index in [2.05, 4.69) is 5.32 Å². The highest BCUT2D eigenvalue weighted by atomic mass is 16.4. The molecule has 1 rings (SSSR count). The molecular weight excluding hydrogens is 224 g/mol. The first kappa shape index (κ1) is 13.8. The van der Waals surface area contributed by atoms with Crippen molar-refractivity contribution in [3.05, 3.63) is 0 Å². The smallest absolute Gasteiger partial charge is 0.328 e. The van der Waals surface area contributed by atoms with Crippen LogP contribution in [0.3, 0.4) is 0 Å². The lowest BCUT2D eigenvalue weighted by Crippen LogP contribution is -2.51. The van der Waals surface area contributed by atoms with Crippen molar-refractivity contribution in [3.8, 4) is 0 Å². The fourth-order valence-electron chi connectivity index (χ4n) is 1.59. The number of carboxylic acid groups (broad SMARTS) is 1. The molecule has 1 saturated carbocycles. The molecule has 98 valence electrons. The van der Waals surface area contributed by atoms with Gasteiger partial charge in [-0.25, -0.2) is 9.59 Å². The number of aliphatic hydroxyl groups is 1. The van der Waals surface area contributed by atoms with Crippen LogP contribution >= 0.6 is 0 Å². The van der Waals surface area contributed by atoms with E-state index in [4.69, 9.17) is 10.2 Å². The highest BCUT2D eigenvalue weighted by Crippen LogP contribution is 2.27. The average Bonchev–Trinajstić information content (AvgIpc) is 3.05. The second-order valence-electron chi connectivity index (χ2n) is 4.80. The topological polar surface area (TPSA) is 89.9 Å². The van der Waals surface area contributed by atoms with E-state index >= 15 is 0 Å². The van der Waals surface area contributed by atoms with Crippen LogP contribution < -0.4 is 5.32 Å². The first-order chi connectivity index (χ1) is 7.95. The van der Waals surface area contributed by atoms with Crippen LogP contribution in [0.5, 0.6) is 0 Å². The molecule has 0 spiro atoms. The fourth-order valence-corrected chi connectivity index (χ4v) is 1.59. The Labute approximate surface area is 101 Å². The minimum Gasteiger partial charge on any atom is -0.480 e. The van der Waals surface area contributed by atoms with Gasteiger partial charge in [-0.05, 0) is 18.8 Å². The molecule has 0 aromatic carbocycles. The molecule has 1 fully saturated rings. The van der Waals surface area contributed by atoms with E-state index in [9.17, 15) is 9.59 Å². The number of aliphatic carboxylic acids is 1. The van der Waals surface area contributed by atoms with Crippen LogP contribution in [0.15, 0.2) is 0 Å². The molecule has 1 atom stereocenters. The highest BCUT2D eigenvalue weighted by molar-refractivity contribution is 5.83. The number of rotatable bonds is 6. The zero-order valence-corrected chi connectivity index (χ0v) is 10.2. The summed E-state index contributed by atoms with van der Waals surface area (Å²) >= 11 is 0. The van der Waals surface area contributed by atoms with E-state index in [1.807, 2.05) is 13.8 Å². The Balaban J connectivity index is 2.55. The number of hydrogen-bond donors (Lipinski definition) is 3. The predicted octanol–water partition coefficient (Wildman–Crippen LogP) is 0.262. The predicted molar refractivity (Wildman–Crippen MR) is 61.6 cm³/mol. The number of nitrogens with zero attached hydrogens (tertiary/aromatic N) is 1. The Kier molecular flexibility index (Phi) is 4.74. The molecule has 0 heterocycles. The third kappa shape index (κ3) is 4.22. The van der Waals surface area contributed by atoms with Gasteiger partial charge < -0.3 is 20.4 Å². The summed E-state index contributed by atoms with van der Waals surface area (Å²) in [7, 11) is 0. The van der Waals surface area contributed by atoms with Gasteiger partial charge in [0.15, 0.2) is 6.04 Å². The number of amides is 2.